The first-order chi connectivity index (χ1) is 7.56. The van der Waals surface area contributed by atoms with Crippen molar-refractivity contribution in [3.05, 3.63) is 17.5 Å². The summed E-state index contributed by atoms with van der Waals surface area (Å²) in [5.41, 5.74) is 0.500. The van der Waals surface area contributed by atoms with Crippen LogP contribution in [0, 0.1) is 6.92 Å². The van der Waals surface area contributed by atoms with E-state index in [0.29, 0.717) is 24.5 Å². The molecule has 0 aliphatic rings. The second kappa shape index (κ2) is 6.00. The van der Waals surface area contributed by atoms with Crippen molar-refractivity contribution in [2.75, 3.05) is 27.3 Å². The van der Waals surface area contributed by atoms with Gasteiger partial charge in [-0.3, -0.25) is 4.79 Å². The largest absolute Gasteiger partial charge is 0.383 e. The van der Waals surface area contributed by atoms with E-state index in [4.69, 9.17) is 9.26 Å². The highest BCUT2D eigenvalue weighted by Crippen LogP contribution is 2.10. The fourth-order valence-electron chi connectivity index (χ4n) is 1.32. The summed E-state index contributed by atoms with van der Waals surface area (Å²) in [6.07, 6.45) is 1.44. The van der Waals surface area contributed by atoms with Crippen LogP contribution in [0.5, 0.6) is 0 Å². The van der Waals surface area contributed by atoms with Crippen molar-refractivity contribution in [1.29, 1.82) is 0 Å². The van der Waals surface area contributed by atoms with Gasteiger partial charge in [0.05, 0.1) is 17.6 Å². The Hall–Kier alpha value is -0.880. The van der Waals surface area contributed by atoms with E-state index in [9.17, 15) is 4.79 Å². The molecule has 16 heavy (non-hydrogen) atoms. The van der Waals surface area contributed by atoms with Crippen molar-refractivity contribution in [3.63, 3.8) is 0 Å². The molecule has 1 unspecified atom stereocenters. The van der Waals surface area contributed by atoms with Gasteiger partial charge in [0.15, 0.2) is 0 Å². The summed E-state index contributed by atoms with van der Waals surface area (Å²) in [6.45, 7) is 2.84. The van der Waals surface area contributed by atoms with E-state index in [1.54, 1.807) is 26.0 Å². The predicted octanol–water partition coefficient (Wildman–Crippen LogP) is 1.46. The standard InChI is InChI=1S/C10H15BrN2O3/c1-7-9(4-12-16-7)10(14)13(2)5-8(11)6-15-3/h4,8H,5-6H2,1-3H3. The van der Waals surface area contributed by atoms with Gasteiger partial charge in [-0.25, -0.2) is 0 Å². The number of rotatable bonds is 5. The third-order valence-electron chi connectivity index (χ3n) is 2.15. The number of ether oxygens (including phenoxy) is 1. The number of hydrogen-bond donors (Lipinski definition) is 0. The average molecular weight is 291 g/mol. The average Bonchev–Trinajstić information content (AvgIpc) is 2.63. The Balaban J connectivity index is 2.58. The molecule has 1 rings (SSSR count). The second-order valence-electron chi connectivity index (χ2n) is 3.53. The molecule has 1 amide bonds. The van der Waals surface area contributed by atoms with Gasteiger partial charge in [0.2, 0.25) is 0 Å². The van der Waals surface area contributed by atoms with Crippen LogP contribution in [0.15, 0.2) is 10.7 Å². The molecule has 0 saturated heterocycles. The quantitative estimate of drug-likeness (QED) is 0.771. The van der Waals surface area contributed by atoms with Gasteiger partial charge in [0, 0.05) is 20.7 Å². The van der Waals surface area contributed by atoms with Crippen molar-refractivity contribution in [2.45, 2.75) is 11.8 Å². The van der Waals surface area contributed by atoms with Gasteiger partial charge in [-0.15, -0.1) is 0 Å². The number of alkyl halides is 1. The van der Waals surface area contributed by atoms with Gasteiger partial charge < -0.3 is 14.2 Å². The van der Waals surface area contributed by atoms with Crippen LogP contribution in [0.3, 0.4) is 0 Å². The molecule has 0 spiro atoms. The van der Waals surface area contributed by atoms with E-state index < -0.39 is 0 Å². The Labute approximate surface area is 103 Å². The molecule has 1 aromatic rings. The zero-order chi connectivity index (χ0) is 12.1. The van der Waals surface area contributed by atoms with Crippen molar-refractivity contribution in [1.82, 2.24) is 10.1 Å². The minimum Gasteiger partial charge on any atom is -0.383 e. The topological polar surface area (TPSA) is 55.6 Å². The number of carbonyl (C=O) groups excluding carboxylic acids is 1. The van der Waals surface area contributed by atoms with E-state index in [0.717, 1.165) is 0 Å². The molecule has 1 atom stereocenters. The van der Waals surface area contributed by atoms with Gasteiger partial charge >= 0.3 is 0 Å². The minimum absolute atomic E-state index is 0.0979. The van der Waals surface area contributed by atoms with Crippen LogP contribution in [0.25, 0.3) is 0 Å². The Morgan fingerprint density at radius 3 is 2.94 bits per heavy atom. The number of hydrogen-bond acceptors (Lipinski definition) is 4. The second-order valence-corrected chi connectivity index (χ2v) is 4.83. The van der Waals surface area contributed by atoms with Crippen LogP contribution in [0.1, 0.15) is 16.1 Å². The molecular formula is C10H15BrN2O3. The van der Waals surface area contributed by atoms with E-state index in [1.807, 2.05) is 0 Å². The molecule has 5 nitrogen and oxygen atoms in total. The number of aromatic nitrogens is 1. The lowest BCUT2D eigenvalue weighted by molar-refractivity contribution is 0.0782. The molecule has 0 saturated carbocycles. The molecule has 0 aliphatic heterocycles. The van der Waals surface area contributed by atoms with E-state index in [2.05, 4.69) is 21.1 Å². The lowest BCUT2D eigenvalue weighted by Crippen LogP contribution is -2.33. The van der Waals surface area contributed by atoms with Crippen LogP contribution in [0.4, 0.5) is 0 Å². The summed E-state index contributed by atoms with van der Waals surface area (Å²) >= 11 is 3.43. The summed E-state index contributed by atoms with van der Waals surface area (Å²) in [5.74, 6) is 0.439. The maximum absolute atomic E-state index is 11.9. The van der Waals surface area contributed by atoms with Crippen LogP contribution >= 0.6 is 15.9 Å². The van der Waals surface area contributed by atoms with Crippen LogP contribution in [-0.2, 0) is 4.74 Å². The minimum atomic E-state index is -0.0979. The molecule has 0 N–H and O–H groups in total. The van der Waals surface area contributed by atoms with Crippen LogP contribution in [-0.4, -0.2) is 48.1 Å². The number of halogens is 1. The summed E-state index contributed by atoms with van der Waals surface area (Å²) in [7, 11) is 3.36. The summed E-state index contributed by atoms with van der Waals surface area (Å²) in [5, 5.41) is 3.58. The fraction of sp³-hybridized carbons (Fsp3) is 0.600. The molecule has 1 heterocycles. The molecular weight excluding hydrogens is 276 g/mol. The number of aryl methyl sites for hydroxylation is 1. The lowest BCUT2D eigenvalue weighted by Gasteiger charge is -2.19. The highest BCUT2D eigenvalue weighted by atomic mass is 79.9. The number of nitrogens with zero attached hydrogens (tertiary/aromatic N) is 2. The molecule has 0 bridgehead atoms. The van der Waals surface area contributed by atoms with Crippen molar-refractivity contribution >= 4 is 21.8 Å². The smallest absolute Gasteiger partial charge is 0.258 e. The highest BCUT2D eigenvalue weighted by Gasteiger charge is 2.19. The normalized spacial score (nSPS) is 12.5. The first-order valence-corrected chi connectivity index (χ1v) is 5.77. The zero-order valence-electron chi connectivity index (χ0n) is 9.57. The van der Waals surface area contributed by atoms with E-state index in [-0.39, 0.29) is 10.7 Å². The molecule has 0 aromatic carbocycles. The predicted molar refractivity (Wildman–Crippen MR) is 62.8 cm³/mol. The third-order valence-corrected chi connectivity index (χ3v) is 2.70. The molecule has 0 radical (unpaired) electrons. The molecule has 0 fully saturated rings. The van der Waals surface area contributed by atoms with Crippen molar-refractivity contribution < 1.29 is 14.1 Å². The SMILES string of the molecule is COCC(Br)CN(C)C(=O)c1cnoc1C. The molecule has 0 aliphatic carbocycles. The molecule has 90 valence electrons. The molecule has 1 aromatic heterocycles. The third kappa shape index (κ3) is 3.31. The summed E-state index contributed by atoms with van der Waals surface area (Å²) in [4.78, 5) is 13.7. The summed E-state index contributed by atoms with van der Waals surface area (Å²) < 4.78 is 9.84. The first-order valence-electron chi connectivity index (χ1n) is 4.86. The monoisotopic (exact) mass is 290 g/mol. The lowest BCUT2D eigenvalue weighted by atomic mass is 10.2. The maximum Gasteiger partial charge on any atom is 0.258 e. The van der Waals surface area contributed by atoms with Crippen LogP contribution in [0.2, 0.25) is 0 Å². The van der Waals surface area contributed by atoms with Gasteiger partial charge in [-0.2, -0.15) is 0 Å². The van der Waals surface area contributed by atoms with Crippen LogP contribution < -0.4 is 0 Å². The van der Waals surface area contributed by atoms with Crippen molar-refractivity contribution in [3.8, 4) is 0 Å². The number of carbonyl (C=O) groups is 1. The fourth-order valence-corrected chi connectivity index (χ4v) is 2.02. The zero-order valence-corrected chi connectivity index (χ0v) is 11.2. The van der Waals surface area contributed by atoms with E-state index in [1.165, 1.54) is 6.20 Å². The first kappa shape index (κ1) is 13.2. The van der Waals surface area contributed by atoms with Crippen molar-refractivity contribution in [2.24, 2.45) is 0 Å². The maximum atomic E-state index is 11.9. The molecule has 6 heteroatoms. The van der Waals surface area contributed by atoms with Gasteiger partial charge in [0.1, 0.15) is 11.3 Å². The van der Waals surface area contributed by atoms with E-state index >= 15 is 0 Å². The highest BCUT2D eigenvalue weighted by molar-refractivity contribution is 9.09. The van der Waals surface area contributed by atoms with Gasteiger partial charge in [-0.05, 0) is 6.92 Å². The van der Waals surface area contributed by atoms with Gasteiger partial charge in [0.25, 0.3) is 5.91 Å². The number of methoxy groups -OCH3 is 1. The summed E-state index contributed by atoms with van der Waals surface area (Å²) in [6, 6.07) is 0. The van der Waals surface area contributed by atoms with Gasteiger partial charge in [-0.1, -0.05) is 21.1 Å². The Morgan fingerprint density at radius 1 is 1.75 bits per heavy atom. The Morgan fingerprint density at radius 2 is 2.44 bits per heavy atom. The Kier molecular flexibility index (Phi) is 4.95. The number of amides is 1. The Bertz CT molecular complexity index is 354.